The van der Waals surface area contributed by atoms with Crippen LogP contribution in [0.3, 0.4) is 0 Å². The molecule has 170 valence electrons. The van der Waals surface area contributed by atoms with Crippen molar-refractivity contribution >= 4 is 17.9 Å². The summed E-state index contributed by atoms with van der Waals surface area (Å²) in [4.78, 5) is 31.4. The topological polar surface area (TPSA) is 108 Å². The van der Waals surface area contributed by atoms with Crippen LogP contribution in [0.15, 0.2) is 23.2 Å². The van der Waals surface area contributed by atoms with E-state index in [1.807, 2.05) is 25.1 Å². The summed E-state index contributed by atoms with van der Waals surface area (Å²) < 4.78 is 10.7. The van der Waals surface area contributed by atoms with Crippen LogP contribution < -0.4 is 25.4 Å². The Morgan fingerprint density at radius 1 is 1.23 bits per heavy atom. The summed E-state index contributed by atoms with van der Waals surface area (Å²) in [6.45, 7) is 6.10. The lowest BCUT2D eigenvalue weighted by Crippen LogP contribution is -2.45. The number of ether oxygens (including phenoxy) is 2. The molecule has 0 aliphatic carbocycles. The molecule has 2 aliphatic heterocycles. The molecule has 0 saturated carbocycles. The Balaban J connectivity index is 1.52. The predicted molar refractivity (Wildman–Crippen MR) is 117 cm³/mol. The van der Waals surface area contributed by atoms with E-state index in [1.165, 1.54) is 4.90 Å². The Morgan fingerprint density at radius 3 is 2.58 bits per heavy atom. The summed E-state index contributed by atoms with van der Waals surface area (Å²) in [5.41, 5.74) is 1.14. The van der Waals surface area contributed by atoms with Crippen molar-refractivity contribution in [3.8, 4) is 11.5 Å². The molecule has 2 heterocycles. The number of carbonyl (C=O) groups is 2. The average Bonchev–Trinajstić information content (AvgIpc) is 3.34. The van der Waals surface area contributed by atoms with Gasteiger partial charge in [0.15, 0.2) is 5.96 Å². The number of aliphatic imine (C=N–C) groups is 1. The number of amides is 3. The van der Waals surface area contributed by atoms with E-state index in [-0.39, 0.29) is 31.1 Å². The lowest BCUT2D eigenvalue weighted by atomic mass is 10.2. The lowest BCUT2D eigenvalue weighted by Gasteiger charge is -2.19. The van der Waals surface area contributed by atoms with Crippen molar-refractivity contribution in [2.45, 2.75) is 25.9 Å². The number of likely N-dealkylation sites (tertiary alicyclic amines) is 1. The molecule has 2 aliphatic rings. The van der Waals surface area contributed by atoms with E-state index >= 15 is 0 Å². The van der Waals surface area contributed by atoms with Gasteiger partial charge in [-0.3, -0.25) is 19.6 Å². The van der Waals surface area contributed by atoms with Crippen LogP contribution in [0.4, 0.5) is 4.79 Å². The molecule has 0 aromatic heterocycles. The van der Waals surface area contributed by atoms with E-state index in [1.54, 1.807) is 14.2 Å². The standard InChI is InChI=1S/C21H32N6O4/c1-4-22-20(23-6-8-27-19(28)12-24-21(27)29)25-16-5-7-26(14-16)13-15-9-17(30-2)11-18(10-15)31-3/h9-11,16H,4-8,12-14H2,1-3H3,(H,24,29)(H2,22,23,25). The Kier molecular flexibility index (Phi) is 7.94. The fourth-order valence-electron chi connectivity index (χ4n) is 3.77. The van der Waals surface area contributed by atoms with Crippen LogP contribution in [0, 0.1) is 0 Å². The molecule has 31 heavy (non-hydrogen) atoms. The van der Waals surface area contributed by atoms with Crippen LogP contribution in [-0.2, 0) is 11.3 Å². The second-order valence-corrected chi connectivity index (χ2v) is 7.55. The zero-order valence-corrected chi connectivity index (χ0v) is 18.4. The largest absolute Gasteiger partial charge is 0.497 e. The molecule has 10 heteroatoms. The number of imide groups is 1. The quantitative estimate of drug-likeness (QED) is 0.294. The monoisotopic (exact) mass is 432 g/mol. The fourth-order valence-corrected chi connectivity index (χ4v) is 3.77. The molecular weight excluding hydrogens is 400 g/mol. The zero-order chi connectivity index (χ0) is 22.2. The van der Waals surface area contributed by atoms with Gasteiger partial charge in [-0.2, -0.15) is 0 Å². The number of nitrogens with one attached hydrogen (secondary N) is 3. The van der Waals surface area contributed by atoms with E-state index in [0.717, 1.165) is 49.7 Å². The minimum atomic E-state index is -0.348. The summed E-state index contributed by atoms with van der Waals surface area (Å²) in [5.74, 6) is 2.06. The number of hydrogen-bond acceptors (Lipinski definition) is 6. The van der Waals surface area contributed by atoms with Gasteiger partial charge < -0.3 is 25.4 Å². The Labute approximate surface area is 183 Å². The van der Waals surface area contributed by atoms with Crippen molar-refractivity contribution in [2.75, 3.05) is 53.5 Å². The first kappa shape index (κ1) is 22.7. The summed E-state index contributed by atoms with van der Waals surface area (Å²) in [6, 6.07) is 5.85. The molecule has 2 saturated heterocycles. The highest BCUT2D eigenvalue weighted by Gasteiger charge is 2.28. The van der Waals surface area contributed by atoms with Gasteiger partial charge in [-0.1, -0.05) is 0 Å². The van der Waals surface area contributed by atoms with Crippen LogP contribution in [0.25, 0.3) is 0 Å². The third kappa shape index (κ3) is 6.24. The predicted octanol–water partition coefficient (Wildman–Crippen LogP) is 0.385. The Morgan fingerprint density at radius 2 is 1.97 bits per heavy atom. The van der Waals surface area contributed by atoms with Gasteiger partial charge in [-0.05, 0) is 31.0 Å². The van der Waals surface area contributed by atoms with Crippen molar-refractivity contribution in [1.82, 2.24) is 25.8 Å². The van der Waals surface area contributed by atoms with E-state index in [9.17, 15) is 9.59 Å². The minimum Gasteiger partial charge on any atom is -0.497 e. The maximum atomic E-state index is 11.7. The zero-order valence-electron chi connectivity index (χ0n) is 18.4. The van der Waals surface area contributed by atoms with Crippen LogP contribution in [0.5, 0.6) is 11.5 Å². The average molecular weight is 433 g/mol. The number of carbonyl (C=O) groups excluding carboxylic acids is 2. The van der Waals surface area contributed by atoms with Gasteiger partial charge in [0.1, 0.15) is 11.5 Å². The molecule has 1 unspecified atom stereocenters. The molecular formula is C21H32N6O4. The summed E-state index contributed by atoms with van der Waals surface area (Å²) in [7, 11) is 3.31. The van der Waals surface area contributed by atoms with E-state index < -0.39 is 0 Å². The minimum absolute atomic E-state index is 0.0674. The van der Waals surface area contributed by atoms with Gasteiger partial charge in [0, 0.05) is 38.3 Å². The second-order valence-electron chi connectivity index (χ2n) is 7.55. The molecule has 0 bridgehead atoms. The lowest BCUT2D eigenvalue weighted by molar-refractivity contribution is -0.124. The summed E-state index contributed by atoms with van der Waals surface area (Å²) >= 11 is 0. The highest BCUT2D eigenvalue weighted by atomic mass is 16.5. The van der Waals surface area contributed by atoms with E-state index in [0.29, 0.717) is 12.5 Å². The van der Waals surface area contributed by atoms with Crippen molar-refractivity contribution in [2.24, 2.45) is 4.99 Å². The fraction of sp³-hybridized carbons (Fsp3) is 0.571. The van der Waals surface area contributed by atoms with Gasteiger partial charge in [-0.15, -0.1) is 0 Å². The molecule has 2 fully saturated rings. The van der Waals surface area contributed by atoms with Gasteiger partial charge in [-0.25, -0.2) is 4.79 Å². The van der Waals surface area contributed by atoms with Crippen LogP contribution >= 0.6 is 0 Å². The number of nitrogens with zero attached hydrogens (tertiary/aromatic N) is 3. The van der Waals surface area contributed by atoms with Crippen molar-refractivity contribution < 1.29 is 19.1 Å². The van der Waals surface area contributed by atoms with Gasteiger partial charge in [0.05, 0.1) is 33.9 Å². The van der Waals surface area contributed by atoms with Gasteiger partial charge in [0.25, 0.3) is 0 Å². The van der Waals surface area contributed by atoms with Crippen LogP contribution in [0.2, 0.25) is 0 Å². The third-order valence-corrected chi connectivity index (χ3v) is 5.31. The second kappa shape index (κ2) is 10.9. The number of methoxy groups -OCH3 is 2. The number of guanidine groups is 1. The molecule has 1 atom stereocenters. The number of rotatable bonds is 9. The number of benzene rings is 1. The van der Waals surface area contributed by atoms with Crippen molar-refractivity contribution in [3.63, 3.8) is 0 Å². The number of hydrogen-bond donors (Lipinski definition) is 3. The highest BCUT2D eigenvalue weighted by Crippen LogP contribution is 2.24. The molecule has 1 aromatic carbocycles. The van der Waals surface area contributed by atoms with Crippen molar-refractivity contribution in [3.05, 3.63) is 23.8 Å². The summed E-state index contributed by atoms with van der Waals surface area (Å²) in [6.07, 6.45) is 0.999. The molecule has 10 nitrogen and oxygen atoms in total. The van der Waals surface area contributed by atoms with Crippen LogP contribution in [-0.4, -0.2) is 87.2 Å². The SMILES string of the molecule is CCNC(=NCCN1C(=O)CNC1=O)NC1CCN(Cc2cc(OC)cc(OC)c2)C1. The smallest absolute Gasteiger partial charge is 0.324 e. The van der Waals surface area contributed by atoms with Gasteiger partial charge >= 0.3 is 6.03 Å². The van der Waals surface area contributed by atoms with E-state index in [2.05, 4.69) is 25.8 Å². The normalized spacial score (nSPS) is 19.5. The van der Waals surface area contributed by atoms with Gasteiger partial charge in [0.2, 0.25) is 5.91 Å². The first-order valence-corrected chi connectivity index (χ1v) is 10.6. The molecule has 3 amide bonds. The summed E-state index contributed by atoms with van der Waals surface area (Å²) in [5, 5.41) is 9.22. The molecule has 3 rings (SSSR count). The maximum Gasteiger partial charge on any atom is 0.324 e. The molecule has 0 spiro atoms. The first-order valence-electron chi connectivity index (χ1n) is 10.6. The Hall–Kier alpha value is -3.01. The van der Waals surface area contributed by atoms with E-state index in [4.69, 9.17) is 9.47 Å². The Bertz CT molecular complexity index is 777. The molecule has 3 N–H and O–H groups in total. The number of urea groups is 1. The molecule has 0 radical (unpaired) electrons. The highest BCUT2D eigenvalue weighted by molar-refractivity contribution is 6.01. The van der Waals surface area contributed by atoms with Crippen molar-refractivity contribution in [1.29, 1.82) is 0 Å². The first-order chi connectivity index (χ1) is 15.0. The maximum absolute atomic E-state index is 11.7. The third-order valence-electron chi connectivity index (χ3n) is 5.31. The molecule has 1 aromatic rings. The van der Waals surface area contributed by atoms with Crippen LogP contribution in [0.1, 0.15) is 18.9 Å².